The molecule has 0 spiro atoms. The molecular formula is C28H24N2O2S2. The van der Waals surface area contributed by atoms with Crippen LogP contribution in [0.5, 0.6) is 5.75 Å². The highest BCUT2D eigenvalue weighted by molar-refractivity contribution is 7.98. The van der Waals surface area contributed by atoms with Gasteiger partial charge in [-0.3, -0.25) is 9.36 Å². The number of hydrogen-bond donors (Lipinski definition) is 0. The summed E-state index contributed by atoms with van der Waals surface area (Å²) in [6.07, 6.45) is 4.34. The van der Waals surface area contributed by atoms with E-state index in [0.717, 1.165) is 51.8 Å². The topological polar surface area (TPSA) is 44.1 Å². The average molecular weight is 485 g/mol. The molecule has 0 bridgehead atoms. The van der Waals surface area contributed by atoms with Gasteiger partial charge in [-0.15, -0.1) is 11.3 Å². The molecule has 6 rings (SSSR count). The number of hydrogen-bond acceptors (Lipinski definition) is 5. The smallest absolute Gasteiger partial charge is 0.267 e. The van der Waals surface area contributed by atoms with Crippen molar-refractivity contribution >= 4 is 44.1 Å². The molecule has 3 aromatic carbocycles. The van der Waals surface area contributed by atoms with Crippen LogP contribution in [0.25, 0.3) is 26.7 Å². The number of nitrogens with zero attached hydrogens (tertiary/aromatic N) is 2. The Balaban J connectivity index is 1.51. The van der Waals surface area contributed by atoms with Crippen molar-refractivity contribution in [3.8, 4) is 11.4 Å². The zero-order valence-corrected chi connectivity index (χ0v) is 20.5. The normalized spacial score (nSPS) is 13.3. The molecule has 1 aliphatic rings. The average Bonchev–Trinajstić information content (AvgIpc) is 3.26. The third-order valence-electron chi connectivity index (χ3n) is 6.51. The molecule has 6 heteroatoms. The fraction of sp³-hybridized carbons (Fsp3) is 0.214. The molecule has 0 saturated carbocycles. The molecule has 1 aliphatic carbocycles. The van der Waals surface area contributed by atoms with E-state index < -0.39 is 0 Å². The predicted octanol–water partition coefficient (Wildman–Crippen LogP) is 6.78. The second-order valence-electron chi connectivity index (χ2n) is 8.55. The number of thioether (sulfide) groups is 1. The molecule has 5 aromatic rings. The van der Waals surface area contributed by atoms with Gasteiger partial charge < -0.3 is 4.74 Å². The molecule has 0 atom stereocenters. The molecule has 4 nitrogen and oxygen atoms in total. The van der Waals surface area contributed by atoms with E-state index in [4.69, 9.17) is 9.72 Å². The fourth-order valence-electron chi connectivity index (χ4n) is 4.82. The summed E-state index contributed by atoms with van der Waals surface area (Å²) in [4.78, 5) is 21.3. The summed E-state index contributed by atoms with van der Waals surface area (Å²) in [5.41, 5.74) is 3.26. The Hall–Kier alpha value is -3.09. The number of methoxy groups -OCH3 is 1. The lowest BCUT2D eigenvalue weighted by Gasteiger charge is -2.15. The van der Waals surface area contributed by atoms with Crippen LogP contribution in [0.1, 0.15) is 28.8 Å². The van der Waals surface area contributed by atoms with Crippen LogP contribution in [-0.4, -0.2) is 16.7 Å². The molecule has 0 saturated heterocycles. The number of ether oxygens (including phenoxy) is 1. The van der Waals surface area contributed by atoms with Crippen LogP contribution in [0.2, 0.25) is 0 Å². The highest BCUT2D eigenvalue weighted by Crippen LogP contribution is 2.36. The highest BCUT2D eigenvalue weighted by Gasteiger charge is 2.23. The number of thiophene rings is 1. The van der Waals surface area contributed by atoms with Gasteiger partial charge in [0, 0.05) is 16.7 Å². The number of benzene rings is 3. The summed E-state index contributed by atoms with van der Waals surface area (Å²) >= 11 is 3.32. The lowest BCUT2D eigenvalue weighted by atomic mass is 9.97. The van der Waals surface area contributed by atoms with Gasteiger partial charge in [-0.05, 0) is 59.7 Å². The maximum absolute atomic E-state index is 14.0. The number of fused-ring (bicyclic) bond motifs is 4. The van der Waals surface area contributed by atoms with E-state index in [2.05, 4.69) is 42.5 Å². The molecule has 0 radical (unpaired) electrons. The first-order valence-electron chi connectivity index (χ1n) is 11.5. The summed E-state index contributed by atoms with van der Waals surface area (Å²) in [6.45, 7) is 0. The zero-order valence-electron chi connectivity index (χ0n) is 18.9. The zero-order chi connectivity index (χ0) is 23.1. The maximum Gasteiger partial charge on any atom is 0.267 e. The predicted molar refractivity (Wildman–Crippen MR) is 142 cm³/mol. The van der Waals surface area contributed by atoms with Crippen molar-refractivity contribution in [3.63, 3.8) is 0 Å². The Bertz CT molecular complexity index is 1580. The quantitative estimate of drug-likeness (QED) is 0.204. The van der Waals surface area contributed by atoms with Crippen LogP contribution < -0.4 is 10.3 Å². The van der Waals surface area contributed by atoms with Gasteiger partial charge in [0.2, 0.25) is 0 Å². The molecular weight excluding hydrogens is 460 g/mol. The van der Waals surface area contributed by atoms with Crippen molar-refractivity contribution in [3.05, 3.63) is 93.1 Å². The first kappa shape index (κ1) is 21.4. The summed E-state index contributed by atoms with van der Waals surface area (Å²) in [5, 5.41) is 3.98. The lowest BCUT2D eigenvalue weighted by Crippen LogP contribution is -2.22. The number of rotatable bonds is 5. The van der Waals surface area contributed by atoms with Gasteiger partial charge in [0.25, 0.3) is 5.56 Å². The highest BCUT2D eigenvalue weighted by atomic mass is 32.2. The molecule has 0 unspecified atom stereocenters. The van der Waals surface area contributed by atoms with Crippen LogP contribution in [0.15, 0.2) is 76.7 Å². The van der Waals surface area contributed by atoms with E-state index in [1.165, 1.54) is 33.2 Å². The van der Waals surface area contributed by atoms with Gasteiger partial charge in [-0.25, -0.2) is 4.98 Å². The van der Waals surface area contributed by atoms with E-state index in [-0.39, 0.29) is 5.56 Å². The van der Waals surface area contributed by atoms with Gasteiger partial charge in [-0.2, -0.15) is 0 Å². The van der Waals surface area contributed by atoms with E-state index in [1.54, 1.807) is 34.8 Å². The minimum Gasteiger partial charge on any atom is -0.497 e. The molecule has 0 fully saturated rings. The molecule has 2 aromatic heterocycles. The molecule has 170 valence electrons. The Kier molecular flexibility index (Phi) is 5.63. The van der Waals surface area contributed by atoms with Crippen LogP contribution in [0.3, 0.4) is 0 Å². The Labute approximate surface area is 206 Å². The number of aryl methyl sites for hydroxylation is 2. The monoisotopic (exact) mass is 484 g/mol. The van der Waals surface area contributed by atoms with Crippen LogP contribution in [0, 0.1) is 0 Å². The maximum atomic E-state index is 14.0. The van der Waals surface area contributed by atoms with E-state index in [9.17, 15) is 4.79 Å². The largest absolute Gasteiger partial charge is 0.497 e. The third-order valence-corrected chi connectivity index (χ3v) is 8.68. The summed E-state index contributed by atoms with van der Waals surface area (Å²) < 4.78 is 7.24. The van der Waals surface area contributed by atoms with Crippen LogP contribution in [-0.2, 0) is 18.6 Å². The van der Waals surface area contributed by atoms with Crippen molar-refractivity contribution in [2.45, 2.75) is 36.6 Å². The van der Waals surface area contributed by atoms with Crippen molar-refractivity contribution in [1.29, 1.82) is 0 Å². The number of aromatic nitrogens is 2. The summed E-state index contributed by atoms with van der Waals surface area (Å²) in [7, 11) is 1.65. The second-order valence-corrected chi connectivity index (χ2v) is 10.6. The Morgan fingerprint density at radius 3 is 2.76 bits per heavy atom. The van der Waals surface area contributed by atoms with Crippen molar-refractivity contribution in [1.82, 2.24) is 9.55 Å². The molecule has 0 N–H and O–H groups in total. The molecule has 2 heterocycles. The standard InChI is InChI=1S/C28H24N2O2S2/c1-32-21-12-7-11-20(16-21)30-27(31)25-23-14-4-5-15-24(23)34-26(25)29-28(30)33-17-19-10-6-9-18-8-2-3-13-22(18)19/h2-3,6-13,16H,4-5,14-15,17H2,1H3. The van der Waals surface area contributed by atoms with Crippen molar-refractivity contribution < 1.29 is 4.74 Å². The first-order chi connectivity index (χ1) is 16.7. The second kappa shape index (κ2) is 8.93. The first-order valence-corrected chi connectivity index (χ1v) is 13.3. The minimum atomic E-state index is 0.0260. The summed E-state index contributed by atoms with van der Waals surface area (Å²) in [6, 6.07) is 22.5. The van der Waals surface area contributed by atoms with Crippen molar-refractivity contribution in [2.24, 2.45) is 0 Å². The summed E-state index contributed by atoms with van der Waals surface area (Å²) in [5.74, 6) is 1.45. The van der Waals surface area contributed by atoms with E-state index in [0.29, 0.717) is 0 Å². The van der Waals surface area contributed by atoms with Crippen LogP contribution >= 0.6 is 23.1 Å². The van der Waals surface area contributed by atoms with E-state index in [1.807, 2.05) is 24.3 Å². The Morgan fingerprint density at radius 1 is 1.03 bits per heavy atom. The SMILES string of the molecule is COc1cccc(-n2c(SCc3cccc4ccccc34)nc3sc4c(c3c2=O)CCCC4)c1. The molecule has 0 aliphatic heterocycles. The Morgan fingerprint density at radius 2 is 1.85 bits per heavy atom. The van der Waals surface area contributed by atoms with E-state index >= 15 is 0 Å². The van der Waals surface area contributed by atoms with Gasteiger partial charge in [0.1, 0.15) is 10.6 Å². The lowest BCUT2D eigenvalue weighted by molar-refractivity contribution is 0.414. The van der Waals surface area contributed by atoms with Gasteiger partial charge >= 0.3 is 0 Å². The third kappa shape index (κ3) is 3.71. The minimum absolute atomic E-state index is 0.0260. The molecule has 0 amide bonds. The van der Waals surface area contributed by atoms with Gasteiger partial charge in [-0.1, -0.05) is 60.3 Å². The van der Waals surface area contributed by atoms with Gasteiger partial charge in [0.05, 0.1) is 18.2 Å². The fourth-order valence-corrected chi connectivity index (χ4v) is 7.14. The van der Waals surface area contributed by atoms with Crippen molar-refractivity contribution in [2.75, 3.05) is 7.11 Å². The van der Waals surface area contributed by atoms with Crippen LogP contribution in [0.4, 0.5) is 0 Å². The molecule has 34 heavy (non-hydrogen) atoms. The van der Waals surface area contributed by atoms with Gasteiger partial charge in [0.15, 0.2) is 5.16 Å².